The van der Waals surface area contributed by atoms with Crippen molar-refractivity contribution in [3.8, 4) is 0 Å². The van der Waals surface area contributed by atoms with Gasteiger partial charge in [0, 0.05) is 41.8 Å². The number of nitrogens with zero attached hydrogens (tertiary/aromatic N) is 2. The van der Waals surface area contributed by atoms with Gasteiger partial charge in [0.15, 0.2) is 0 Å². The molecule has 3 N–H and O–H groups in total. The number of fused-ring (bicyclic) bond motifs is 1. The second-order valence-electron chi connectivity index (χ2n) is 7.86. The van der Waals surface area contributed by atoms with Crippen LogP contribution in [0.4, 0.5) is 11.5 Å². The van der Waals surface area contributed by atoms with Crippen LogP contribution in [0.1, 0.15) is 50.1 Å². The van der Waals surface area contributed by atoms with Crippen LogP contribution in [0, 0.1) is 6.92 Å². The Morgan fingerprint density at radius 1 is 1.06 bits per heavy atom. The lowest BCUT2D eigenvalue weighted by molar-refractivity contribution is -0.114. The molecule has 0 atom stereocenters. The highest BCUT2D eigenvalue weighted by Gasteiger charge is 2.08. The molecule has 0 unspecified atom stereocenters. The van der Waals surface area contributed by atoms with Crippen LogP contribution in [0.3, 0.4) is 0 Å². The Morgan fingerprint density at radius 3 is 2.65 bits per heavy atom. The number of H-pyrrole nitrogens is 1. The number of allylic oxidation sites excluding steroid dienone is 1. The maximum Gasteiger partial charge on any atom is 0.221 e. The number of amides is 1. The highest BCUT2D eigenvalue weighted by Crippen LogP contribution is 2.24. The summed E-state index contributed by atoms with van der Waals surface area (Å²) in [6.07, 6.45) is 6.61. The van der Waals surface area contributed by atoms with Crippen LogP contribution in [0.2, 0.25) is 0 Å². The lowest BCUT2D eigenvalue weighted by Crippen LogP contribution is -2.08. The molecule has 34 heavy (non-hydrogen) atoms. The molecule has 0 saturated heterocycles. The number of rotatable bonds is 7. The molecular formula is C28H33N5O. The van der Waals surface area contributed by atoms with E-state index >= 15 is 0 Å². The van der Waals surface area contributed by atoms with Crippen molar-refractivity contribution in [2.45, 2.75) is 41.0 Å². The van der Waals surface area contributed by atoms with E-state index in [1.807, 2.05) is 58.0 Å². The zero-order valence-corrected chi connectivity index (χ0v) is 20.6. The average molecular weight is 456 g/mol. The summed E-state index contributed by atoms with van der Waals surface area (Å²) in [6.45, 7) is 10.4. The maximum atomic E-state index is 11.3. The molecule has 0 bridgehead atoms. The third kappa shape index (κ3) is 6.10. The fourth-order valence-corrected chi connectivity index (χ4v) is 3.78. The third-order valence-corrected chi connectivity index (χ3v) is 5.48. The van der Waals surface area contributed by atoms with E-state index in [4.69, 9.17) is 0 Å². The maximum absolute atomic E-state index is 11.3. The standard InChI is InChI=1S/C26H27N5O.C2H6/c1-17(20-7-6-8-22(14-20)31-19(3)32)13-25-18(2)26(30-16-29-25)27-12-11-21-15-28-24-10-5-4-9-23(21)24;1-2/h4-10,13-16,28H,11-12H2,1-3H3,(H,31,32)(H,27,29,30);1-2H3/b17-13+;. The predicted octanol–water partition coefficient (Wildman–Crippen LogP) is 6.47. The van der Waals surface area contributed by atoms with Crippen molar-refractivity contribution in [1.29, 1.82) is 0 Å². The normalized spacial score (nSPS) is 11.0. The molecule has 1 amide bonds. The molecule has 2 aromatic heterocycles. The Hall–Kier alpha value is -3.93. The summed E-state index contributed by atoms with van der Waals surface area (Å²) in [5.41, 5.74) is 7.19. The van der Waals surface area contributed by atoms with Gasteiger partial charge in [-0.25, -0.2) is 9.97 Å². The first-order valence-electron chi connectivity index (χ1n) is 11.7. The van der Waals surface area contributed by atoms with Crippen molar-refractivity contribution >= 4 is 40.0 Å². The van der Waals surface area contributed by atoms with Crippen LogP contribution in [0.15, 0.2) is 61.1 Å². The van der Waals surface area contributed by atoms with Gasteiger partial charge >= 0.3 is 0 Å². The van der Waals surface area contributed by atoms with Gasteiger partial charge in [-0.2, -0.15) is 0 Å². The molecule has 0 radical (unpaired) electrons. The van der Waals surface area contributed by atoms with E-state index in [0.717, 1.165) is 52.4 Å². The van der Waals surface area contributed by atoms with Gasteiger partial charge in [-0.3, -0.25) is 4.79 Å². The zero-order valence-electron chi connectivity index (χ0n) is 20.6. The van der Waals surface area contributed by atoms with Crippen molar-refractivity contribution in [2.24, 2.45) is 0 Å². The van der Waals surface area contributed by atoms with Crippen molar-refractivity contribution in [3.63, 3.8) is 0 Å². The minimum Gasteiger partial charge on any atom is -0.369 e. The number of para-hydroxylation sites is 1. The number of aromatic nitrogens is 3. The molecule has 2 aromatic carbocycles. The van der Waals surface area contributed by atoms with Gasteiger partial charge in [-0.1, -0.05) is 44.2 Å². The minimum atomic E-state index is -0.0845. The molecule has 0 aliphatic heterocycles. The van der Waals surface area contributed by atoms with Crippen LogP contribution >= 0.6 is 0 Å². The molecule has 2 heterocycles. The lowest BCUT2D eigenvalue weighted by Gasteiger charge is -2.11. The summed E-state index contributed by atoms with van der Waals surface area (Å²) >= 11 is 0. The molecule has 0 aliphatic rings. The van der Waals surface area contributed by atoms with Crippen LogP contribution in [0.25, 0.3) is 22.6 Å². The number of benzene rings is 2. The zero-order chi connectivity index (χ0) is 24.5. The molecule has 6 heteroatoms. The fourth-order valence-electron chi connectivity index (χ4n) is 3.78. The first-order chi connectivity index (χ1) is 16.5. The summed E-state index contributed by atoms with van der Waals surface area (Å²) in [4.78, 5) is 23.6. The quantitative estimate of drug-likeness (QED) is 0.298. The van der Waals surface area contributed by atoms with Crippen LogP contribution in [-0.4, -0.2) is 27.4 Å². The summed E-state index contributed by atoms with van der Waals surface area (Å²) in [5, 5.41) is 7.54. The predicted molar refractivity (Wildman–Crippen MR) is 143 cm³/mol. The Balaban J connectivity index is 0.00000158. The third-order valence-electron chi connectivity index (χ3n) is 5.48. The highest BCUT2D eigenvalue weighted by molar-refractivity contribution is 5.90. The van der Waals surface area contributed by atoms with Crippen molar-refractivity contribution in [3.05, 3.63) is 83.4 Å². The summed E-state index contributed by atoms with van der Waals surface area (Å²) in [5.74, 6) is 0.754. The smallest absolute Gasteiger partial charge is 0.221 e. The minimum absolute atomic E-state index is 0.0845. The van der Waals surface area contributed by atoms with E-state index in [1.165, 1.54) is 17.9 Å². The number of carbonyl (C=O) groups is 1. The van der Waals surface area contributed by atoms with Gasteiger partial charge in [-0.05, 0) is 61.2 Å². The number of hydrogen-bond donors (Lipinski definition) is 3. The summed E-state index contributed by atoms with van der Waals surface area (Å²) in [6, 6.07) is 16.1. The number of anilines is 2. The molecule has 176 valence electrons. The number of aromatic amines is 1. The van der Waals surface area contributed by atoms with Crippen LogP contribution in [-0.2, 0) is 11.2 Å². The van der Waals surface area contributed by atoms with Crippen molar-refractivity contribution < 1.29 is 4.79 Å². The van der Waals surface area contributed by atoms with Gasteiger partial charge in [0.1, 0.15) is 12.1 Å². The largest absolute Gasteiger partial charge is 0.369 e. The van der Waals surface area contributed by atoms with Gasteiger partial charge in [0.05, 0.1) is 5.69 Å². The van der Waals surface area contributed by atoms with E-state index in [-0.39, 0.29) is 5.91 Å². The van der Waals surface area contributed by atoms with E-state index in [0.29, 0.717) is 0 Å². The number of hydrogen-bond acceptors (Lipinski definition) is 4. The van der Waals surface area contributed by atoms with E-state index in [1.54, 1.807) is 6.33 Å². The molecule has 4 aromatic rings. The van der Waals surface area contributed by atoms with E-state index in [9.17, 15) is 4.79 Å². The molecule has 4 rings (SSSR count). The second kappa shape index (κ2) is 11.8. The van der Waals surface area contributed by atoms with E-state index in [2.05, 4.69) is 56.1 Å². The molecule has 6 nitrogen and oxygen atoms in total. The van der Waals surface area contributed by atoms with Crippen molar-refractivity contribution in [1.82, 2.24) is 15.0 Å². The van der Waals surface area contributed by atoms with Gasteiger partial charge in [0.25, 0.3) is 0 Å². The Labute approximate surface area is 201 Å². The first kappa shape index (κ1) is 24.7. The monoisotopic (exact) mass is 455 g/mol. The summed E-state index contributed by atoms with van der Waals surface area (Å²) < 4.78 is 0. The second-order valence-corrected chi connectivity index (χ2v) is 7.86. The SMILES string of the molecule is CC.CC(=O)Nc1cccc(/C(C)=C/c2ncnc(NCCc3c[nH]c4ccccc34)c2C)c1. The molecule has 0 saturated carbocycles. The highest BCUT2D eigenvalue weighted by atomic mass is 16.1. The first-order valence-corrected chi connectivity index (χ1v) is 11.7. The van der Waals surface area contributed by atoms with Crippen molar-refractivity contribution in [2.75, 3.05) is 17.2 Å². The molecule has 0 aliphatic carbocycles. The number of carbonyl (C=O) groups excluding carboxylic acids is 1. The average Bonchev–Trinajstić information content (AvgIpc) is 3.25. The molecular weight excluding hydrogens is 422 g/mol. The lowest BCUT2D eigenvalue weighted by atomic mass is 10.0. The molecule has 0 fully saturated rings. The Morgan fingerprint density at radius 2 is 1.85 bits per heavy atom. The fraction of sp³-hybridized carbons (Fsp3) is 0.250. The Kier molecular flexibility index (Phi) is 8.57. The summed E-state index contributed by atoms with van der Waals surface area (Å²) in [7, 11) is 0. The molecule has 0 spiro atoms. The topological polar surface area (TPSA) is 82.7 Å². The Bertz CT molecular complexity index is 1290. The van der Waals surface area contributed by atoms with Gasteiger partial charge in [-0.15, -0.1) is 0 Å². The van der Waals surface area contributed by atoms with E-state index < -0.39 is 0 Å². The number of nitrogens with one attached hydrogen (secondary N) is 3. The van der Waals surface area contributed by atoms with Crippen LogP contribution < -0.4 is 10.6 Å². The van der Waals surface area contributed by atoms with Crippen LogP contribution in [0.5, 0.6) is 0 Å². The van der Waals surface area contributed by atoms with Gasteiger partial charge in [0.2, 0.25) is 5.91 Å². The van der Waals surface area contributed by atoms with Gasteiger partial charge < -0.3 is 15.6 Å².